The van der Waals surface area contributed by atoms with Crippen LogP contribution >= 0.6 is 0 Å². The second kappa shape index (κ2) is 12.2. The Kier molecular flexibility index (Phi) is 8.55. The van der Waals surface area contributed by atoms with Gasteiger partial charge in [-0.2, -0.15) is 4.98 Å². The van der Waals surface area contributed by atoms with Gasteiger partial charge in [0.15, 0.2) is 23.1 Å². The lowest BCUT2D eigenvalue weighted by molar-refractivity contribution is -0.126. The Hall–Kier alpha value is -4.94. The quantitative estimate of drug-likeness (QED) is 0.232. The summed E-state index contributed by atoms with van der Waals surface area (Å²) in [6, 6.07) is 1.33. The third-order valence-corrected chi connectivity index (χ3v) is 8.21. The van der Waals surface area contributed by atoms with Crippen molar-refractivity contribution in [3.63, 3.8) is 0 Å². The molecule has 0 spiro atoms. The second-order valence-corrected chi connectivity index (χ2v) is 11.2. The van der Waals surface area contributed by atoms with Crippen LogP contribution in [0.5, 0.6) is 5.75 Å². The summed E-state index contributed by atoms with van der Waals surface area (Å²) in [4.78, 5) is 43.5. The number of aromatic hydroxyl groups is 1. The van der Waals surface area contributed by atoms with E-state index in [9.17, 15) is 19.1 Å². The highest BCUT2D eigenvalue weighted by Gasteiger charge is 2.36. The second-order valence-electron chi connectivity index (χ2n) is 11.2. The molecule has 2 aliphatic rings. The van der Waals surface area contributed by atoms with Crippen molar-refractivity contribution < 1.29 is 23.1 Å². The minimum absolute atomic E-state index is 0.116. The van der Waals surface area contributed by atoms with Crippen LogP contribution in [-0.4, -0.2) is 75.4 Å². The molecule has 1 fully saturated rings. The largest absolute Gasteiger partial charge is 0.507 e. The number of rotatable bonds is 6. The predicted octanol–water partition coefficient (Wildman–Crippen LogP) is 4.74. The number of phenols is 1. The van der Waals surface area contributed by atoms with E-state index in [1.807, 2.05) is 18.7 Å². The van der Waals surface area contributed by atoms with E-state index in [0.717, 1.165) is 12.1 Å². The summed E-state index contributed by atoms with van der Waals surface area (Å²) in [7, 11) is 1.57. The van der Waals surface area contributed by atoms with E-state index in [4.69, 9.17) is 0 Å². The van der Waals surface area contributed by atoms with Gasteiger partial charge in [0, 0.05) is 39.3 Å². The molecule has 4 heterocycles. The first-order chi connectivity index (χ1) is 21.4. The molecule has 13 heteroatoms. The van der Waals surface area contributed by atoms with E-state index >= 15 is 8.78 Å². The number of anilines is 2. The molecule has 1 unspecified atom stereocenters. The molecular formula is C32H34F3N7O3. The zero-order valence-electron chi connectivity index (χ0n) is 25.5. The van der Waals surface area contributed by atoms with E-state index in [-0.39, 0.29) is 53.5 Å². The lowest BCUT2D eigenvalue weighted by Gasteiger charge is -2.43. The number of nitrogens with zero attached hydrogens (tertiary/aromatic N) is 6. The van der Waals surface area contributed by atoms with Crippen molar-refractivity contribution in [2.24, 2.45) is 10.9 Å². The number of aromatic nitrogens is 3. The van der Waals surface area contributed by atoms with Crippen LogP contribution in [0, 0.1) is 23.4 Å². The molecule has 1 atom stereocenters. The third-order valence-electron chi connectivity index (χ3n) is 8.21. The number of benzene rings is 1. The Morgan fingerprint density at radius 2 is 1.89 bits per heavy atom. The first-order valence-electron chi connectivity index (χ1n) is 14.5. The fourth-order valence-corrected chi connectivity index (χ4v) is 6.02. The fraction of sp³-hybridized carbons (Fsp3) is 0.344. The Labute approximate surface area is 257 Å². The molecule has 45 heavy (non-hydrogen) atoms. The number of phenolic OH excluding ortho intramolecular Hbond substituents is 1. The topological polar surface area (TPSA) is 116 Å². The van der Waals surface area contributed by atoms with Crippen molar-refractivity contribution in [2.75, 3.05) is 43.4 Å². The van der Waals surface area contributed by atoms with Gasteiger partial charge in [0.05, 0.1) is 28.0 Å². The maximum Gasteiger partial charge on any atom is 0.355 e. The molecule has 0 bridgehead atoms. The van der Waals surface area contributed by atoms with Crippen molar-refractivity contribution in [3.8, 4) is 17.0 Å². The number of fused-ring (bicyclic) bond motifs is 2. The smallest absolute Gasteiger partial charge is 0.355 e. The maximum absolute atomic E-state index is 16.6. The molecule has 2 aromatic heterocycles. The Balaban J connectivity index is 1.94. The van der Waals surface area contributed by atoms with Crippen LogP contribution in [0.1, 0.15) is 27.2 Å². The molecule has 0 aliphatic carbocycles. The zero-order valence-corrected chi connectivity index (χ0v) is 25.5. The van der Waals surface area contributed by atoms with E-state index in [2.05, 4.69) is 33.4 Å². The Morgan fingerprint density at radius 3 is 2.53 bits per heavy atom. The van der Waals surface area contributed by atoms with Gasteiger partial charge in [-0.1, -0.05) is 33.1 Å². The number of allylic oxidation sites excluding steroid dienone is 3. The van der Waals surface area contributed by atoms with Gasteiger partial charge in [-0.15, -0.1) is 0 Å². The molecule has 3 aromatic rings. The lowest BCUT2D eigenvalue weighted by Crippen LogP contribution is -2.56. The highest BCUT2D eigenvalue weighted by Crippen LogP contribution is 2.42. The van der Waals surface area contributed by atoms with E-state index < -0.39 is 40.1 Å². The van der Waals surface area contributed by atoms with Crippen molar-refractivity contribution in [3.05, 3.63) is 71.0 Å². The number of hydrogen-bond acceptors (Lipinski definition) is 8. The summed E-state index contributed by atoms with van der Waals surface area (Å²) < 4.78 is 47.4. The van der Waals surface area contributed by atoms with Crippen LogP contribution in [0.15, 0.2) is 52.8 Å². The minimum atomic E-state index is -1.50. The van der Waals surface area contributed by atoms with Crippen LogP contribution in [0.25, 0.3) is 28.0 Å². The number of carbonyl (C=O) groups excluding carboxylic acids is 1. The van der Waals surface area contributed by atoms with Crippen LogP contribution < -0.4 is 15.9 Å². The molecule has 0 saturated carbocycles. The van der Waals surface area contributed by atoms with Crippen molar-refractivity contribution in [2.45, 2.75) is 33.2 Å². The lowest BCUT2D eigenvalue weighted by atomic mass is 10.00. The number of hydrogen-bond donors (Lipinski definition) is 2. The highest BCUT2D eigenvalue weighted by atomic mass is 19.2. The van der Waals surface area contributed by atoms with Gasteiger partial charge in [0.25, 0.3) is 0 Å². The molecule has 10 nitrogen and oxygen atoms in total. The average Bonchev–Trinajstić information content (AvgIpc) is 3.01. The maximum atomic E-state index is 16.6. The summed E-state index contributed by atoms with van der Waals surface area (Å²) >= 11 is 0. The number of nitrogens with one attached hydrogen (secondary N) is 1. The number of amides is 1. The first kappa shape index (κ1) is 31.5. The van der Waals surface area contributed by atoms with Crippen LogP contribution in [0.4, 0.5) is 24.7 Å². The van der Waals surface area contributed by atoms with Crippen LogP contribution in [0.2, 0.25) is 0 Å². The summed E-state index contributed by atoms with van der Waals surface area (Å²) in [5.41, 5.74) is -1.20. The Bertz CT molecular complexity index is 1870. The predicted molar refractivity (Wildman–Crippen MR) is 169 cm³/mol. The van der Waals surface area contributed by atoms with Crippen molar-refractivity contribution in [1.82, 2.24) is 19.4 Å². The molecule has 1 aromatic carbocycles. The molecule has 1 amide bonds. The molecule has 2 aliphatic heterocycles. The summed E-state index contributed by atoms with van der Waals surface area (Å²) in [6.07, 6.45) is 3.19. The van der Waals surface area contributed by atoms with Gasteiger partial charge >= 0.3 is 5.69 Å². The molecule has 2 N–H and O–H groups in total. The summed E-state index contributed by atoms with van der Waals surface area (Å²) in [5, 5.41) is 13.8. The third kappa shape index (κ3) is 5.25. The van der Waals surface area contributed by atoms with E-state index in [1.54, 1.807) is 18.9 Å². The van der Waals surface area contributed by atoms with Gasteiger partial charge in [0.2, 0.25) is 5.91 Å². The number of aliphatic imine (C=N–C) groups is 1. The summed E-state index contributed by atoms with van der Waals surface area (Å²) in [5.74, 6) is -4.91. The van der Waals surface area contributed by atoms with Gasteiger partial charge in [-0.3, -0.25) is 9.79 Å². The molecule has 0 radical (unpaired) electrons. The van der Waals surface area contributed by atoms with Gasteiger partial charge in [0.1, 0.15) is 17.3 Å². The minimum Gasteiger partial charge on any atom is -0.507 e. The number of piperazine rings is 1. The van der Waals surface area contributed by atoms with E-state index in [1.165, 1.54) is 16.7 Å². The number of pyridine rings is 1. The van der Waals surface area contributed by atoms with Gasteiger partial charge in [-0.05, 0) is 43.0 Å². The first-order valence-corrected chi connectivity index (χ1v) is 14.5. The standard InChI is InChI=1S/C32H34F3N7O3/c1-7-17(5)29(26(36-6)16(3)4)42-31-23-27(25(35)28(38-31)22-20(43)10-9-19(33)24(22)34)37-12-11-18-15-40(21(44)8-2)13-14-41(18)30(23)39-32(42)45/h7-10,16,18,37,43H,1-2,11-15H2,3-6H3/b29-17+,36-26-. The summed E-state index contributed by atoms with van der Waals surface area (Å²) in [6.45, 7) is 14.0. The van der Waals surface area contributed by atoms with Crippen LogP contribution in [-0.2, 0) is 4.79 Å². The average molecular weight is 622 g/mol. The monoisotopic (exact) mass is 621 g/mol. The van der Waals surface area contributed by atoms with Crippen molar-refractivity contribution >= 4 is 39.9 Å². The number of carbonyl (C=O) groups is 1. The number of halogens is 3. The normalized spacial score (nSPS) is 17.3. The fourth-order valence-electron chi connectivity index (χ4n) is 6.02. The molecule has 1 saturated heterocycles. The van der Waals surface area contributed by atoms with Gasteiger partial charge < -0.3 is 20.2 Å². The van der Waals surface area contributed by atoms with E-state index in [0.29, 0.717) is 36.5 Å². The molecule has 5 rings (SSSR count). The van der Waals surface area contributed by atoms with Gasteiger partial charge in [-0.25, -0.2) is 27.5 Å². The highest BCUT2D eigenvalue weighted by molar-refractivity contribution is 6.22. The van der Waals surface area contributed by atoms with Crippen LogP contribution in [0.3, 0.4) is 0 Å². The SMILES string of the molecule is C=CC(=O)N1CCN2c3nc(=O)n(C(/C(=N\C)C(C)C)=C(\C)C=C)c4nc(-c5c(O)ccc(F)c5F)c(F)c(c34)NCCC2C1. The Morgan fingerprint density at radius 1 is 1.16 bits per heavy atom. The molecule has 236 valence electrons. The zero-order chi connectivity index (χ0) is 32.7. The van der Waals surface area contributed by atoms with Crippen molar-refractivity contribution in [1.29, 1.82) is 0 Å². The molecular weight excluding hydrogens is 587 g/mol.